The Morgan fingerprint density at radius 2 is 2.00 bits per heavy atom. The quantitative estimate of drug-likeness (QED) is 0.630. The van der Waals surface area contributed by atoms with Gasteiger partial charge in [0.05, 0.1) is 9.82 Å². The average Bonchev–Trinajstić information content (AvgIpc) is 3.04. The van der Waals surface area contributed by atoms with Crippen molar-refractivity contribution < 1.29 is 13.3 Å². The number of anilines is 1. The fourth-order valence-electron chi connectivity index (χ4n) is 3.01. The van der Waals surface area contributed by atoms with Crippen molar-refractivity contribution in [2.75, 3.05) is 18.0 Å². The maximum Gasteiger partial charge on any atom is 0.270 e. The first-order valence-corrected chi connectivity index (χ1v) is 9.45. The molecule has 1 unspecified atom stereocenters. The summed E-state index contributed by atoms with van der Waals surface area (Å²) < 4.78 is 27.4. The molecule has 0 spiro atoms. The van der Waals surface area contributed by atoms with E-state index in [-0.39, 0.29) is 23.2 Å². The summed E-state index contributed by atoms with van der Waals surface area (Å²) in [4.78, 5) is 12.3. The van der Waals surface area contributed by atoms with Crippen molar-refractivity contribution in [1.29, 1.82) is 0 Å². The van der Waals surface area contributed by atoms with Gasteiger partial charge in [-0.05, 0) is 31.0 Å². The van der Waals surface area contributed by atoms with E-state index in [2.05, 4.69) is 15.7 Å². The van der Waals surface area contributed by atoms with Gasteiger partial charge in [0.2, 0.25) is 10.0 Å². The number of fused-ring (bicyclic) bond motifs is 1. The Morgan fingerprint density at radius 3 is 2.76 bits per heavy atom. The third kappa shape index (κ3) is 3.64. The molecule has 132 valence electrons. The first-order chi connectivity index (χ1) is 11.9. The molecule has 1 aliphatic heterocycles. The minimum absolute atomic E-state index is 0.0304. The Morgan fingerprint density at radius 1 is 1.24 bits per heavy atom. The summed E-state index contributed by atoms with van der Waals surface area (Å²) in [6.45, 7) is 3.02. The average molecular weight is 361 g/mol. The van der Waals surface area contributed by atoms with E-state index < -0.39 is 14.9 Å². The smallest absolute Gasteiger partial charge is 0.270 e. The standard InChI is InChI=1S/C17H19N3O4S/c1-13(19-10-9-14-5-2-3-8-17(14)19)12-18-25(23,24)16-7-4-6-15(11-16)20(21)22/h2-8,11,13,18H,9-10,12H2,1H3. The van der Waals surface area contributed by atoms with Crippen molar-refractivity contribution in [3.05, 3.63) is 64.2 Å². The molecule has 25 heavy (non-hydrogen) atoms. The number of nitrogens with zero attached hydrogens (tertiary/aromatic N) is 2. The van der Waals surface area contributed by atoms with Gasteiger partial charge in [0.15, 0.2) is 0 Å². The van der Waals surface area contributed by atoms with Crippen LogP contribution in [0.4, 0.5) is 11.4 Å². The maximum absolute atomic E-state index is 12.4. The number of nitro benzene ring substituents is 1. The van der Waals surface area contributed by atoms with Crippen LogP contribution in [-0.4, -0.2) is 32.5 Å². The number of rotatable bonds is 6. The van der Waals surface area contributed by atoms with E-state index >= 15 is 0 Å². The van der Waals surface area contributed by atoms with Crippen LogP contribution in [0.25, 0.3) is 0 Å². The lowest BCUT2D eigenvalue weighted by Gasteiger charge is -2.27. The molecule has 1 atom stereocenters. The van der Waals surface area contributed by atoms with E-state index in [0.717, 1.165) is 24.7 Å². The zero-order chi connectivity index (χ0) is 18.0. The highest BCUT2D eigenvalue weighted by molar-refractivity contribution is 7.89. The molecule has 0 radical (unpaired) electrons. The Bertz CT molecular complexity index is 898. The van der Waals surface area contributed by atoms with E-state index in [1.54, 1.807) is 0 Å². The molecule has 0 saturated carbocycles. The number of nitro groups is 1. The zero-order valence-electron chi connectivity index (χ0n) is 13.8. The number of nitrogens with one attached hydrogen (secondary N) is 1. The van der Waals surface area contributed by atoms with E-state index in [0.29, 0.717) is 0 Å². The van der Waals surface area contributed by atoms with Crippen molar-refractivity contribution in [3.63, 3.8) is 0 Å². The molecule has 1 N–H and O–H groups in total. The molecule has 3 rings (SSSR count). The van der Waals surface area contributed by atoms with Gasteiger partial charge < -0.3 is 4.90 Å². The van der Waals surface area contributed by atoms with Crippen LogP contribution in [0.3, 0.4) is 0 Å². The Balaban J connectivity index is 1.70. The lowest BCUT2D eigenvalue weighted by Crippen LogP contribution is -2.41. The summed E-state index contributed by atoms with van der Waals surface area (Å²) in [5.74, 6) is 0. The predicted octanol–water partition coefficient (Wildman–Crippen LogP) is 2.32. The van der Waals surface area contributed by atoms with Crippen molar-refractivity contribution in [2.45, 2.75) is 24.3 Å². The summed E-state index contributed by atoms with van der Waals surface area (Å²) in [5.41, 5.74) is 2.14. The molecule has 1 aliphatic rings. The number of hydrogen-bond donors (Lipinski definition) is 1. The first-order valence-electron chi connectivity index (χ1n) is 7.97. The van der Waals surface area contributed by atoms with E-state index in [4.69, 9.17) is 0 Å². The van der Waals surface area contributed by atoms with Gasteiger partial charge >= 0.3 is 0 Å². The monoisotopic (exact) mass is 361 g/mol. The molecule has 2 aromatic rings. The third-order valence-corrected chi connectivity index (χ3v) is 5.78. The summed E-state index contributed by atoms with van der Waals surface area (Å²) in [7, 11) is -3.80. The van der Waals surface area contributed by atoms with Gasteiger partial charge in [0.1, 0.15) is 0 Å². The first kappa shape index (κ1) is 17.4. The van der Waals surface area contributed by atoms with E-state index in [1.807, 2.05) is 25.1 Å². The second-order valence-electron chi connectivity index (χ2n) is 6.03. The number of para-hydroxylation sites is 1. The summed E-state index contributed by atoms with van der Waals surface area (Å²) >= 11 is 0. The molecule has 8 heteroatoms. The number of non-ortho nitro benzene ring substituents is 1. The van der Waals surface area contributed by atoms with Gasteiger partial charge in [-0.2, -0.15) is 0 Å². The molecule has 0 fully saturated rings. The van der Waals surface area contributed by atoms with E-state index in [9.17, 15) is 18.5 Å². The number of benzene rings is 2. The van der Waals surface area contributed by atoms with Gasteiger partial charge in [0, 0.05) is 37.0 Å². The van der Waals surface area contributed by atoms with Crippen LogP contribution in [0.5, 0.6) is 0 Å². The van der Waals surface area contributed by atoms with Crippen molar-refractivity contribution >= 4 is 21.4 Å². The molecule has 0 aliphatic carbocycles. The predicted molar refractivity (Wildman–Crippen MR) is 95.2 cm³/mol. The van der Waals surface area contributed by atoms with Gasteiger partial charge in [-0.25, -0.2) is 13.1 Å². The summed E-state index contributed by atoms with van der Waals surface area (Å²) in [6.07, 6.45) is 0.943. The van der Waals surface area contributed by atoms with Crippen molar-refractivity contribution in [1.82, 2.24) is 4.72 Å². The lowest BCUT2D eigenvalue weighted by atomic mass is 10.2. The zero-order valence-corrected chi connectivity index (χ0v) is 14.6. The molecule has 1 heterocycles. The SMILES string of the molecule is CC(CNS(=O)(=O)c1cccc([N+](=O)[O-])c1)N1CCc2ccccc21. The molecule has 0 amide bonds. The highest BCUT2D eigenvalue weighted by atomic mass is 32.2. The van der Waals surface area contributed by atoms with Crippen LogP contribution < -0.4 is 9.62 Å². The molecule has 0 saturated heterocycles. The second kappa shape index (κ2) is 6.81. The topological polar surface area (TPSA) is 92.5 Å². The van der Waals surface area contributed by atoms with Crippen LogP contribution in [0.15, 0.2) is 53.4 Å². The fourth-order valence-corrected chi connectivity index (χ4v) is 4.17. The Kier molecular flexibility index (Phi) is 4.73. The summed E-state index contributed by atoms with van der Waals surface area (Å²) in [5, 5.41) is 10.8. The third-order valence-electron chi connectivity index (χ3n) is 4.36. The van der Waals surface area contributed by atoms with Crippen LogP contribution in [-0.2, 0) is 16.4 Å². The summed E-state index contributed by atoms with van der Waals surface area (Å²) in [6, 6.07) is 13.1. The molecular weight excluding hydrogens is 342 g/mol. The van der Waals surface area contributed by atoms with Crippen LogP contribution >= 0.6 is 0 Å². The Labute approximate surface area is 146 Å². The molecule has 2 aromatic carbocycles. The normalized spacial score (nSPS) is 15.0. The van der Waals surface area contributed by atoms with Crippen molar-refractivity contribution in [3.8, 4) is 0 Å². The van der Waals surface area contributed by atoms with Gasteiger partial charge in [-0.3, -0.25) is 10.1 Å². The Hall–Kier alpha value is -2.45. The molecule has 7 nitrogen and oxygen atoms in total. The fraction of sp³-hybridized carbons (Fsp3) is 0.294. The van der Waals surface area contributed by atoms with Gasteiger partial charge in [-0.1, -0.05) is 24.3 Å². The highest BCUT2D eigenvalue weighted by Crippen LogP contribution is 2.29. The second-order valence-corrected chi connectivity index (χ2v) is 7.79. The van der Waals surface area contributed by atoms with Crippen LogP contribution in [0.2, 0.25) is 0 Å². The largest absolute Gasteiger partial charge is 0.367 e. The minimum Gasteiger partial charge on any atom is -0.367 e. The van der Waals surface area contributed by atoms with Crippen LogP contribution in [0.1, 0.15) is 12.5 Å². The minimum atomic E-state index is -3.80. The molecule has 0 bridgehead atoms. The highest BCUT2D eigenvalue weighted by Gasteiger charge is 2.25. The maximum atomic E-state index is 12.4. The van der Waals surface area contributed by atoms with E-state index in [1.165, 1.54) is 23.8 Å². The van der Waals surface area contributed by atoms with Gasteiger partial charge in [-0.15, -0.1) is 0 Å². The molecular formula is C17H19N3O4S. The van der Waals surface area contributed by atoms with Crippen LogP contribution in [0, 0.1) is 10.1 Å². The number of hydrogen-bond acceptors (Lipinski definition) is 5. The van der Waals surface area contributed by atoms with Gasteiger partial charge in [0.25, 0.3) is 5.69 Å². The lowest BCUT2D eigenvalue weighted by molar-refractivity contribution is -0.385. The van der Waals surface area contributed by atoms with Crippen molar-refractivity contribution in [2.24, 2.45) is 0 Å². The number of sulfonamides is 1. The molecule has 0 aromatic heterocycles.